The second kappa shape index (κ2) is 5.54. The number of benzene rings is 1. The number of sulfone groups is 1. The summed E-state index contributed by atoms with van der Waals surface area (Å²) < 4.78 is 36.3. The van der Waals surface area contributed by atoms with E-state index in [2.05, 4.69) is 4.98 Å². The van der Waals surface area contributed by atoms with Crippen LogP contribution in [0.5, 0.6) is 5.75 Å². The highest BCUT2D eigenvalue weighted by molar-refractivity contribution is 7.90. The molecule has 0 amide bonds. The van der Waals surface area contributed by atoms with Crippen LogP contribution in [-0.4, -0.2) is 25.1 Å². The molecule has 0 fully saturated rings. The smallest absolute Gasteiger partial charge is 0.419 e. The Kier molecular flexibility index (Phi) is 3.69. The van der Waals surface area contributed by atoms with Gasteiger partial charge < -0.3 is 9.15 Å². The molecule has 1 aromatic carbocycles. The predicted octanol–water partition coefficient (Wildman–Crippen LogP) is 1.51. The molecule has 8 heteroatoms. The van der Waals surface area contributed by atoms with Crippen molar-refractivity contribution < 1.29 is 17.6 Å². The molecule has 0 N–H and O–H groups in total. The Labute approximate surface area is 132 Å². The number of aromatic nitrogens is 2. The third-order valence-electron chi connectivity index (χ3n) is 3.47. The molecule has 2 heterocycles. The summed E-state index contributed by atoms with van der Waals surface area (Å²) >= 11 is 0. The van der Waals surface area contributed by atoms with Crippen LogP contribution in [0.15, 0.2) is 50.8 Å². The van der Waals surface area contributed by atoms with Crippen molar-refractivity contribution in [1.82, 2.24) is 9.55 Å². The molecule has 0 aliphatic heterocycles. The summed E-state index contributed by atoms with van der Waals surface area (Å²) in [4.78, 5) is 15.4. The van der Waals surface area contributed by atoms with Crippen molar-refractivity contribution >= 4 is 20.9 Å². The van der Waals surface area contributed by atoms with Crippen molar-refractivity contribution in [1.29, 1.82) is 0 Å². The molecule has 0 saturated heterocycles. The zero-order valence-electron chi connectivity index (χ0n) is 12.5. The third kappa shape index (κ3) is 2.85. The van der Waals surface area contributed by atoms with Crippen molar-refractivity contribution in [2.45, 2.75) is 10.8 Å². The molecule has 0 spiro atoms. The molecule has 3 aromatic rings. The van der Waals surface area contributed by atoms with Gasteiger partial charge in [-0.2, -0.15) is 0 Å². The normalized spacial score (nSPS) is 11.7. The zero-order chi connectivity index (χ0) is 16.6. The fraction of sp³-hybridized carbons (Fsp3) is 0.200. The number of fused-ring (bicyclic) bond motifs is 1. The van der Waals surface area contributed by atoms with Gasteiger partial charge in [0.2, 0.25) is 0 Å². The van der Waals surface area contributed by atoms with E-state index in [1.165, 1.54) is 23.9 Å². The topological polar surface area (TPSA) is 91.4 Å². The molecule has 3 rings (SSSR count). The van der Waals surface area contributed by atoms with Crippen molar-refractivity contribution in [3.05, 3.63) is 52.6 Å². The molecule has 0 bridgehead atoms. The molecule has 0 radical (unpaired) electrons. The zero-order valence-corrected chi connectivity index (χ0v) is 13.3. The molecular formula is C15H14N2O5S. The SMILES string of the molecule is COc1ccnc(S(=O)(=O)Cc2ccc3oc(=O)n(C)c3c2)c1. The van der Waals surface area contributed by atoms with Crippen LogP contribution in [-0.2, 0) is 22.6 Å². The largest absolute Gasteiger partial charge is 0.497 e. The average molecular weight is 334 g/mol. The number of hydrogen-bond donors (Lipinski definition) is 0. The molecule has 7 nitrogen and oxygen atoms in total. The number of hydrogen-bond acceptors (Lipinski definition) is 6. The van der Waals surface area contributed by atoms with Gasteiger partial charge in [0.1, 0.15) is 5.75 Å². The Morgan fingerprint density at radius 1 is 1.26 bits per heavy atom. The van der Waals surface area contributed by atoms with Crippen molar-refractivity contribution in [2.24, 2.45) is 7.05 Å². The fourth-order valence-corrected chi connectivity index (χ4v) is 3.53. The minimum absolute atomic E-state index is 0.0574. The highest BCUT2D eigenvalue weighted by Gasteiger charge is 2.19. The highest BCUT2D eigenvalue weighted by Crippen LogP contribution is 2.21. The van der Waals surface area contributed by atoms with Crippen LogP contribution in [0.25, 0.3) is 11.1 Å². The van der Waals surface area contributed by atoms with Crippen molar-refractivity contribution in [3.8, 4) is 5.75 Å². The Hall–Kier alpha value is -2.61. The van der Waals surface area contributed by atoms with Gasteiger partial charge in [0.25, 0.3) is 0 Å². The van der Waals surface area contributed by atoms with E-state index in [9.17, 15) is 13.2 Å². The molecule has 0 atom stereocenters. The number of oxazole rings is 1. The summed E-state index contributed by atoms with van der Waals surface area (Å²) in [6.07, 6.45) is 1.38. The number of rotatable bonds is 4. The van der Waals surface area contributed by atoms with E-state index in [0.717, 1.165) is 0 Å². The van der Waals surface area contributed by atoms with Crippen LogP contribution in [0.4, 0.5) is 0 Å². The van der Waals surface area contributed by atoms with Crippen LogP contribution in [0, 0.1) is 0 Å². The number of nitrogens with zero attached hydrogens (tertiary/aromatic N) is 2. The average Bonchev–Trinajstić information content (AvgIpc) is 2.82. The van der Waals surface area contributed by atoms with Gasteiger partial charge >= 0.3 is 5.76 Å². The Balaban J connectivity index is 1.99. The maximum atomic E-state index is 12.5. The number of ether oxygens (including phenoxy) is 1. The van der Waals surface area contributed by atoms with Crippen LogP contribution in [0.2, 0.25) is 0 Å². The van der Waals surface area contributed by atoms with Gasteiger partial charge in [-0.1, -0.05) is 6.07 Å². The molecule has 0 saturated carbocycles. The fourth-order valence-electron chi connectivity index (χ4n) is 2.24. The lowest BCUT2D eigenvalue weighted by atomic mass is 10.2. The van der Waals surface area contributed by atoms with Gasteiger partial charge in [0.15, 0.2) is 20.4 Å². The minimum Gasteiger partial charge on any atom is -0.497 e. The Bertz CT molecular complexity index is 1030. The van der Waals surface area contributed by atoms with Crippen LogP contribution < -0.4 is 10.5 Å². The summed E-state index contributed by atoms with van der Waals surface area (Å²) in [5, 5.41) is -0.0574. The lowest BCUT2D eigenvalue weighted by Crippen LogP contribution is -2.09. The highest BCUT2D eigenvalue weighted by atomic mass is 32.2. The summed E-state index contributed by atoms with van der Waals surface area (Å²) in [6, 6.07) is 7.77. The van der Waals surface area contributed by atoms with E-state index in [1.807, 2.05) is 0 Å². The van der Waals surface area contributed by atoms with Gasteiger partial charge in [-0.3, -0.25) is 4.57 Å². The first-order valence-electron chi connectivity index (χ1n) is 6.72. The molecule has 120 valence electrons. The van der Waals surface area contributed by atoms with E-state index in [-0.39, 0.29) is 10.8 Å². The van der Waals surface area contributed by atoms with E-state index in [1.54, 1.807) is 31.3 Å². The van der Waals surface area contributed by atoms with E-state index < -0.39 is 15.6 Å². The van der Waals surface area contributed by atoms with Gasteiger partial charge in [-0.05, 0) is 23.8 Å². The molecule has 2 aromatic heterocycles. The maximum Gasteiger partial charge on any atom is 0.419 e. The monoisotopic (exact) mass is 334 g/mol. The Morgan fingerprint density at radius 3 is 2.78 bits per heavy atom. The quantitative estimate of drug-likeness (QED) is 0.718. The van der Waals surface area contributed by atoms with Gasteiger partial charge in [-0.15, -0.1) is 0 Å². The molecule has 0 aliphatic rings. The predicted molar refractivity (Wildman–Crippen MR) is 83.1 cm³/mol. The summed E-state index contributed by atoms with van der Waals surface area (Å²) in [5.41, 5.74) is 1.50. The number of pyridine rings is 1. The van der Waals surface area contributed by atoms with Crippen molar-refractivity contribution in [2.75, 3.05) is 7.11 Å². The summed E-state index contributed by atoms with van der Waals surface area (Å²) in [5.74, 6) is -0.302. The standard InChI is InChI=1S/C15H14N2O5S/c1-17-12-7-10(3-4-13(12)22-15(17)18)9-23(19,20)14-8-11(21-2)5-6-16-14/h3-8H,9H2,1-2H3. The number of methoxy groups -OCH3 is 1. The summed E-state index contributed by atoms with van der Waals surface area (Å²) in [6.45, 7) is 0. The van der Waals surface area contributed by atoms with E-state index >= 15 is 0 Å². The molecule has 0 unspecified atom stereocenters. The van der Waals surface area contributed by atoms with E-state index in [0.29, 0.717) is 22.4 Å². The first-order chi connectivity index (χ1) is 10.9. The van der Waals surface area contributed by atoms with Gasteiger partial charge in [0.05, 0.1) is 18.4 Å². The van der Waals surface area contributed by atoms with Crippen LogP contribution in [0.1, 0.15) is 5.56 Å². The summed E-state index contributed by atoms with van der Waals surface area (Å²) in [7, 11) is -0.607. The van der Waals surface area contributed by atoms with Gasteiger partial charge in [-0.25, -0.2) is 18.2 Å². The second-order valence-electron chi connectivity index (χ2n) is 5.02. The minimum atomic E-state index is -3.63. The van der Waals surface area contributed by atoms with Crippen molar-refractivity contribution in [3.63, 3.8) is 0 Å². The molecule has 0 aliphatic carbocycles. The Morgan fingerprint density at radius 2 is 2.04 bits per heavy atom. The van der Waals surface area contributed by atoms with Gasteiger partial charge in [0, 0.05) is 19.3 Å². The third-order valence-corrected chi connectivity index (χ3v) is 5.05. The van der Waals surface area contributed by atoms with Crippen LogP contribution in [0.3, 0.4) is 0 Å². The number of aryl methyl sites for hydroxylation is 1. The lowest BCUT2D eigenvalue weighted by molar-refractivity contribution is 0.412. The van der Waals surface area contributed by atoms with E-state index in [4.69, 9.17) is 9.15 Å². The molecule has 23 heavy (non-hydrogen) atoms. The second-order valence-corrected chi connectivity index (χ2v) is 6.96. The first kappa shape index (κ1) is 15.3. The first-order valence-corrected chi connectivity index (χ1v) is 8.37. The van der Waals surface area contributed by atoms with Crippen LogP contribution >= 0.6 is 0 Å². The molecular weight excluding hydrogens is 320 g/mol. The lowest BCUT2D eigenvalue weighted by Gasteiger charge is -2.06. The maximum absolute atomic E-state index is 12.5.